The Morgan fingerprint density at radius 1 is 0.889 bits per heavy atom. The van der Waals surface area contributed by atoms with Crippen LogP contribution >= 0.6 is 0 Å². The summed E-state index contributed by atoms with van der Waals surface area (Å²) in [5.74, 6) is 2.46. The van der Waals surface area contributed by atoms with Gasteiger partial charge in [-0.2, -0.15) is 0 Å². The van der Waals surface area contributed by atoms with Crippen molar-refractivity contribution in [3.8, 4) is 11.5 Å². The van der Waals surface area contributed by atoms with Gasteiger partial charge in [0.15, 0.2) is 11.5 Å². The molecule has 2 heteroatoms. The average Bonchev–Trinajstić information content (AvgIpc) is 2.62. The average molecular weight is 369 g/mol. The van der Waals surface area contributed by atoms with Crippen molar-refractivity contribution in [2.45, 2.75) is 72.1 Å². The van der Waals surface area contributed by atoms with Gasteiger partial charge in [-0.1, -0.05) is 53.2 Å². The zero-order valence-electron chi connectivity index (χ0n) is 18.2. The van der Waals surface area contributed by atoms with Crippen LogP contribution in [-0.4, -0.2) is 14.2 Å². The van der Waals surface area contributed by atoms with Crippen molar-refractivity contribution in [3.05, 3.63) is 29.3 Å². The second-order valence-electron chi connectivity index (χ2n) is 10.5. The van der Waals surface area contributed by atoms with Gasteiger partial charge in [0.1, 0.15) is 0 Å². The van der Waals surface area contributed by atoms with Crippen molar-refractivity contribution in [1.82, 2.24) is 0 Å². The van der Waals surface area contributed by atoms with E-state index in [0.29, 0.717) is 10.8 Å². The van der Waals surface area contributed by atoms with E-state index in [1.807, 2.05) is 0 Å². The molecule has 4 atom stereocenters. The van der Waals surface area contributed by atoms with Gasteiger partial charge in [0.2, 0.25) is 0 Å². The summed E-state index contributed by atoms with van der Waals surface area (Å²) in [6, 6.07) is 4.42. The standard InChI is InChI=1S/C25H36O2/c1-22(2)11-8-12-24(4)21(22)10-13-23(3)18-16-20(27-7)19(26-6)15-17(18)9-14-25(23,24)5/h9,14-16,21H,8,10-13H2,1-7H3/t21?,23-,24-,25-/m0/s1. The molecule has 0 aromatic heterocycles. The first-order valence-corrected chi connectivity index (χ1v) is 10.6. The molecule has 1 aromatic carbocycles. The Morgan fingerprint density at radius 2 is 1.56 bits per heavy atom. The lowest BCUT2D eigenvalue weighted by Gasteiger charge is -2.68. The van der Waals surface area contributed by atoms with Crippen molar-refractivity contribution in [3.63, 3.8) is 0 Å². The van der Waals surface area contributed by atoms with Crippen LogP contribution < -0.4 is 9.47 Å². The Bertz CT molecular complexity index is 792. The van der Waals surface area contributed by atoms with Crippen LogP contribution in [0, 0.1) is 22.2 Å². The van der Waals surface area contributed by atoms with Gasteiger partial charge in [-0.05, 0) is 65.7 Å². The molecule has 0 bridgehead atoms. The smallest absolute Gasteiger partial charge is 0.161 e. The molecule has 0 saturated heterocycles. The second-order valence-corrected chi connectivity index (χ2v) is 10.5. The summed E-state index contributed by atoms with van der Waals surface area (Å²) in [6.07, 6.45) is 11.5. The molecule has 0 spiro atoms. The predicted molar refractivity (Wildman–Crippen MR) is 113 cm³/mol. The molecule has 2 saturated carbocycles. The molecule has 1 unspecified atom stereocenters. The zero-order chi connectivity index (χ0) is 19.7. The largest absolute Gasteiger partial charge is 0.493 e. The second kappa shape index (κ2) is 5.78. The molecule has 27 heavy (non-hydrogen) atoms. The summed E-state index contributed by atoms with van der Waals surface area (Å²) < 4.78 is 11.2. The van der Waals surface area contributed by atoms with Crippen LogP contribution in [-0.2, 0) is 5.41 Å². The molecule has 4 rings (SSSR count). The van der Waals surface area contributed by atoms with E-state index in [9.17, 15) is 0 Å². The Morgan fingerprint density at radius 3 is 2.22 bits per heavy atom. The van der Waals surface area contributed by atoms with E-state index in [-0.39, 0.29) is 10.8 Å². The van der Waals surface area contributed by atoms with Crippen molar-refractivity contribution in [2.75, 3.05) is 14.2 Å². The van der Waals surface area contributed by atoms with E-state index in [4.69, 9.17) is 9.47 Å². The van der Waals surface area contributed by atoms with E-state index in [1.54, 1.807) is 14.2 Å². The number of benzene rings is 1. The normalized spacial score (nSPS) is 39.1. The van der Waals surface area contributed by atoms with E-state index in [1.165, 1.54) is 43.2 Å². The van der Waals surface area contributed by atoms with Crippen molar-refractivity contribution in [2.24, 2.45) is 22.2 Å². The SMILES string of the molecule is COc1cc2c(cc1OC)[C@]1(C)CCC3C(C)(C)CCC[C@]3(C)[C@@]1(C)C=C2. The van der Waals surface area contributed by atoms with E-state index in [0.717, 1.165) is 17.4 Å². The van der Waals surface area contributed by atoms with Crippen LogP contribution in [0.25, 0.3) is 6.08 Å². The van der Waals surface area contributed by atoms with Gasteiger partial charge in [0.25, 0.3) is 0 Å². The summed E-state index contributed by atoms with van der Waals surface area (Å²) in [4.78, 5) is 0. The van der Waals surface area contributed by atoms with Crippen LogP contribution in [0.2, 0.25) is 0 Å². The molecule has 2 nitrogen and oxygen atoms in total. The minimum atomic E-state index is 0.120. The van der Waals surface area contributed by atoms with Crippen molar-refractivity contribution in [1.29, 1.82) is 0 Å². The maximum Gasteiger partial charge on any atom is 0.161 e. The number of hydrogen-bond donors (Lipinski definition) is 0. The van der Waals surface area contributed by atoms with Crippen LogP contribution in [0.3, 0.4) is 0 Å². The van der Waals surface area contributed by atoms with Gasteiger partial charge in [-0.15, -0.1) is 0 Å². The Labute approximate surface area is 165 Å². The number of fused-ring (bicyclic) bond motifs is 5. The molecule has 0 aliphatic heterocycles. The molecular formula is C25H36O2. The number of ether oxygens (including phenoxy) is 2. The van der Waals surface area contributed by atoms with Gasteiger partial charge in [0, 0.05) is 10.8 Å². The minimum absolute atomic E-state index is 0.120. The van der Waals surface area contributed by atoms with Crippen molar-refractivity contribution < 1.29 is 9.47 Å². The molecule has 0 amide bonds. The predicted octanol–water partition coefficient (Wildman–Crippen LogP) is 6.62. The fourth-order valence-corrected chi connectivity index (χ4v) is 7.33. The van der Waals surface area contributed by atoms with Crippen LogP contribution in [0.15, 0.2) is 18.2 Å². The quantitative estimate of drug-likeness (QED) is 0.584. The minimum Gasteiger partial charge on any atom is -0.493 e. The fourth-order valence-electron chi connectivity index (χ4n) is 7.33. The third-order valence-electron chi connectivity index (χ3n) is 9.24. The third kappa shape index (κ3) is 2.25. The van der Waals surface area contributed by atoms with E-state index in [2.05, 4.69) is 58.9 Å². The summed E-state index contributed by atoms with van der Waals surface area (Å²) >= 11 is 0. The van der Waals surface area contributed by atoms with Gasteiger partial charge in [-0.25, -0.2) is 0 Å². The van der Waals surface area contributed by atoms with Gasteiger partial charge >= 0.3 is 0 Å². The lowest BCUT2D eigenvalue weighted by atomic mass is 9.36. The summed E-state index contributed by atoms with van der Waals surface area (Å²) in [6.45, 7) is 12.7. The third-order valence-corrected chi connectivity index (χ3v) is 9.24. The first-order chi connectivity index (χ1) is 12.6. The molecule has 2 fully saturated rings. The molecule has 0 N–H and O–H groups in total. The maximum absolute atomic E-state index is 5.68. The highest BCUT2D eigenvalue weighted by molar-refractivity contribution is 5.67. The first-order valence-electron chi connectivity index (χ1n) is 10.6. The summed E-state index contributed by atoms with van der Waals surface area (Å²) in [5.41, 5.74) is 3.76. The molecule has 1 aromatic rings. The highest BCUT2D eigenvalue weighted by Gasteiger charge is 2.65. The van der Waals surface area contributed by atoms with Gasteiger partial charge < -0.3 is 9.47 Å². The highest BCUT2D eigenvalue weighted by atomic mass is 16.5. The van der Waals surface area contributed by atoms with E-state index < -0.39 is 0 Å². The van der Waals surface area contributed by atoms with Gasteiger partial charge in [0.05, 0.1) is 14.2 Å². The molecule has 3 aliphatic carbocycles. The number of methoxy groups -OCH3 is 2. The Kier molecular flexibility index (Phi) is 4.05. The molecule has 3 aliphatic rings. The Balaban J connectivity index is 1.90. The highest BCUT2D eigenvalue weighted by Crippen LogP contribution is 2.71. The monoisotopic (exact) mass is 368 g/mol. The number of allylic oxidation sites excluding steroid dienone is 1. The summed E-state index contributed by atoms with van der Waals surface area (Å²) in [7, 11) is 3.46. The van der Waals surface area contributed by atoms with Gasteiger partial charge in [-0.3, -0.25) is 0 Å². The maximum atomic E-state index is 5.68. The lowest BCUT2D eigenvalue weighted by Crippen LogP contribution is -2.62. The number of hydrogen-bond acceptors (Lipinski definition) is 2. The lowest BCUT2D eigenvalue weighted by molar-refractivity contribution is -0.137. The number of rotatable bonds is 2. The molecule has 0 heterocycles. The first kappa shape index (κ1) is 18.9. The van der Waals surface area contributed by atoms with Crippen LogP contribution in [0.4, 0.5) is 0 Å². The van der Waals surface area contributed by atoms with Crippen molar-refractivity contribution >= 4 is 6.08 Å². The topological polar surface area (TPSA) is 18.5 Å². The van der Waals surface area contributed by atoms with Crippen LogP contribution in [0.1, 0.15) is 77.8 Å². The zero-order valence-corrected chi connectivity index (χ0v) is 18.2. The molecular weight excluding hydrogens is 332 g/mol. The summed E-state index contributed by atoms with van der Waals surface area (Å²) in [5, 5.41) is 0. The molecule has 0 radical (unpaired) electrons. The van der Waals surface area contributed by atoms with E-state index >= 15 is 0 Å². The molecule has 148 valence electrons. The van der Waals surface area contributed by atoms with Crippen LogP contribution in [0.5, 0.6) is 11.5 Å². The Hall–Kier alpha value is -1.44. The fraction of sp³-hybridized carbons (Fsp3) is 0.680.